The molecule has 0 unspecified atom stereocenters. The fraction of sp³-hybridized carbons (Fsp3) is 0.308. The van der Waals surface area contributed by atoms with Gasteiger partial charge in [0.05, 0.1) is 5.52 Å². The number of hydrogen-bond donors (Lipinski definition) is 0. The predicted molar refractivity (Wildman–Crippen MR) is 68.1 cm³/mol. The molecule has 1 heterocycles. The first-order chi connectivity index (χ1) is 6.97. The summed E-state index contributed by atoms with van der Waals surface area (Å²) in [7, 11) is 0. The van der Waals surface area contributed by atoms with E-state index in [0.29, 0.717) is 0 Å². The predicted octanol–water partition coefficient (Wildman–Crippen LogP) is 4.29. The Morgan fingerprint density at radius 1 is 1.13 bits per heavy atom. The summed E-state index contributed by atoms with van der Waals surface area (Å²) in [6.07, 6.45) is 1.97. The molecule has 0 N–H and O–H groups in total. The van der Waals surface area contributed by atoms with E-state index in [2.05, 4.69) is 53.8 Å². The molecule has 0 fully saturated rings. The quantitative estimate of drug-likeness (QED) is 0.691. The van der Waals surface area contributed by atoms with Crippen LogP contribution in [0.4, 0.5) is 0 Å². The number of benzene rings is 1. The normalized spacial score (nSPS) is 12.0. The molecule has 1 aromatic heterocycles. The van der Waals surface area contributed by atoms with Gasteiger partial charge >= 0.3 is 0 Å². The monoisotopic (exact) mass is 263 g/mol. The van der Waals surface area contributed by atoms with Gasteiger partial charge in [-0.2, -0.15) is 0 Å². The van der Waals surface area contributed by atoms with Crippen molar-refractivity contribution in [1.29, 1.82) is 0 Å². The fourth-order valence-electron chi connectivity index (χ4n) is 1.51. The number of pyridine rings is 1. The molecule has 2 heteroatoms. The Hall–Kier alpha value is -0.890. The van der Waals surface area contributed by atoms with Crippen molar-refractivity contribution in [2.24, 2.45) is 0 Å². The summed E-state index contributed by atoms with van der Waals surface area (Å²) in [6, 6.07) is 8.38. The standard InChI is InChI=1S/C13H14BrN/c1-13(2,3)10-6-9-7-11(14)4-5-12(9)15-8-10/h4-8H,1-3H3. The first kappa shape index (κ1) is 10.6. The molecule has 0 amide bonds. The summed E-state index contributed by atoms with van der Waals surface area (Å²) in [5.41, 5.74) is 2.48. The van der Waals surface area contributed by atoms with Gasteiger partial charge in [-0.1, -0.05) is 36.7 Å². The van der Waals surface area contributed by atoms with Crippen molar-refractivity contribution in [3.8, 4) is 0 Å². The van der Waals surface area contributed by atoms with Crippen LogP contribution < -0.4 is 0 Å². The molecule has 0 aliphatic heterocycles. The Bertz CT molecular complexity index is 497. The van der Waals surface area contributed by atoms with E-state index >= 15 is 0 Å². The summed E-state index contributed by atoms with van der Waals surface area (Å²) >= 11 is 3.48. The van der Waals surface area contributed by atoms with Gasteiger partial charge in [0, 0.05) is 16.1 Å². The van der Waals surface area contributed by atoms with Gasteiger partial charge in [0.1, 0.15) is 0 Å². The van der Waals surface area contributed by atoms with Crippen LogP contribution in [0.15, 0.2) is 34.9 Å². The van der Waals surface area contributed by atoms with Crippen molar-refractivity contribution in [2.75, 3.05) is 0 Å². The molecule has 0 bridgehead atoms. The van der Waals surface area contributed by atoms with Crippen LogP contribution in [-0.4, -0.2) is 4.98 Å². The third-order valence-electron chi connectivity index (χ3n) is 2.51. The van der Waals surface area contributed by atoms with Gasteiger partial charge in [0.15, 0.2) is 0 Å². The lowest BCUT2D eigenvalue weighted by Crippen LogP contribution is -2.11. The summed E-state index contributed by atoms with van der Waals surface area (Å²) in [5.74, 6) is 0. The Balaban J connectivity index is 2.64. The SMILES string of the molecule is CC(C)(C)c1cnc2ccc(Br)cc2c1. The maximum absolute atomic E-state index is 4.47. The maximum atomic E-state index is 4.47. The maximum Gasteiger partial charge on any atom is 0.0702 e. The number of halogens is 1. The van der Waals surface area contributed by atoms with Crippen molar-refractivity contribution in [2.45, 2.75) is 26.2 Å². The molecule has 0 aliphatic rings. The second-order valence-corrected chi connectivity index (χ2v) is 5.73. The van der Waals surface area contributed by atoms with Crippen LogP contribution in [0.1, 0.15) is 26.3 Å². The van der Waals surface area contributed by atoms with Crippen LogP contribution in [0.25, 0.3) is 10.9 Å². The molecular weight excluding hydrogens is 250 g/mol. The van der Waals surface area contributed by atoms with E-state index in [-0.39, 0.29) is 5.41 Å². The summed E-state index contributed by atoms with van der Waals surface area (Å²) in [6.45, 7) is 6.61. The zero-order chi connectivity index (χ0) is 11.1. The largest absolute Gasteiger partial charge is 0.256 e. The van der Waals surface area contributed by atoms with Crippen molar-refractivity contribution < 1.29 is 0 Å². The third-order valence-corrected chi connectivity index (χ3v) is 3.00. The first-order valence-corrected chi connectivity index (χ1v) is 5.82. The number of nitrogens with zero attached hydrogens (tertiary/aromatic N) is 1. The lowest BCUT2D eigenvalue weighted by molar-refractivity contribution is 0.589. The fourth-order valence-corrected chi connectivity index (χ4v) is 1.89. The van der Waals surface area contributed by atoms with Crippen LogP contribution in [0.2, 0.25) is 0 Å². The highest BCUT2D eigenvalue weighted by atomic mass is 79.9. The Kier molecular flexibility index (Phi) is 2.55. The van der Waals surface area contributed by atoms with E-state index in [0.717, 1.165) is 9.99 Å². The molecule has 2 rings (SSSR count). The van der Waals surface area contributed by atoms with Crippen LogP contribution in [0.5, 0.6) is 0 Å². The molecule has 2 aromatic rings. The highest BCUT2D eigenvalue weighted by molar-refractivity contribution is 9.10. The molecule has 1 nitrogen and oxygen atoms in total. The summed E-state index contributed by atoms with van der Waals surface area (Å²) in [5, 5.41) is 1.19. The Morgan fingerprint density at radius 2 is 1.87 bits per heavy atom. The molecule has 0 saturated heterocycles. The number of fused-ring (bicyclic) bond motifs is 1. The van der Waals surface area contributed by atoms with Gasteiger partial charge in [-0.25, -0.2) is 0 Å². The van der Waals surface area contributed by atoms with Crippen molar-refractivity contribution in [3.63, 3.8) is 0 Å². The minimum absolute atomic E-state index is 0.156. The molecule has 0 saturated carbocycles. The van der Waals surface area contributed by atoms with Gasteiger partial charge in [0.25, 0.3) is 0 Å². The molecule has 15 heavy (non-hydrogen) atoms. The number of hydrogen-bond acceptors (Lipinski definition) is 1. The minimum atomic E-state index is 0.156. The van der Waals surface area contributed by atoms with Crippen LogP contribution in [0, 0.1) is 0 Å². The second-order valence-electron chi connectivity index (χ2n) is 4.81. The average molecular weight is 264 g/mol. The van der Waals surface area contributed by atoms with Crippen LogP contribution >= 0.6 is 15.9 Å². The van der Waals surface area contributed by atoms with Crippen LogP contribution in [-0.2, 0) is 5.41 Å². The van der Waals surface area contributed by atoms with Crippen LogP contribution in [0.3, 0.4) is 0 Å². The molecule has 0 radical (unpaired) electrons. The smallest absolute Gasteiger partial charge is 0.0702 e. The molecule has 0 aliphatic carbocycles. The zero-order valence-electron chi connectivity index (χ0n) is 9.21. The first-order valence-electron chi connectivity index (χ1n) is 5.02. The lowest BCUT2D eigenvalue weighted by atomic mass is 9.88. The Morgan fingerprint density at radius 3 is 2.53 bits per heavy atom. The third kappa shape index (κ3) is 2.20. The minimum Gasteiger partial charge on any atom is -0.256 e. The summed E-state index contributed by atoms with van der Waals surface area (Å²) in [4.78, 5) is 4.47. The lowest BCUT2D eigenvalue weighted by Gasteiger charge is -2.18. The second kappa shape index (κ2) is 3.60. The van der Waals surface area contributed by atoms with E-state index in [4.69, 9.17) is 0 Å². The van der Waals surface area contributed by atoms with Gasteiger partial charge in [-0.15, -0.1) is 0 Å². The topological polar surface area (TPSA) is 12.9 Å². The van der Waals surface area contributed by atoms with E-state index in [1.54, 1.807) is 0 Å². The number of rotatable bonds is 0. The molecule has 1 aromatic carbocycles. The summed E-state index contributed by atoms with van der Waals surface area (Å²) < 4.78 is 1.10. The van der Waals surface area contributed by atoms with Crippen molar-refractivity contribution in [3.05, 3.63) is 40.5 Å². The average Bonchev–Trinajstić information content (AvgIpc) is 2.15. The van der Waals surface area contributed by atoms with E-state index in [1.165, 1.54) is 10.9 Å². The van der Waals surface area contributed by atoms with Gasteiger partial charge < -0.3 is 0 Å². The van der Waals surface area contributed by atoms with Crippen molar-refractivity contribution >= 4 is 26.8 Å². The van der Waals surface area contributed by atoms with Crippen molar-refractivity contribution in [1.82, 2.24) is 4.98 Å². The molecule has 0 spiro atoms. The molecule has 0 atom stereocenters. The van der Waals surface area contributed by atoms with E-state index < -0.39 is 0 Å². The van der Waals surface area contributed by atoms with Gasteiger partial charge in [-0.3, -0.25) is 4.98 Å². The zero-order valence-corrected chi connectivity index (χ0v) is 10.8. The van der Waals surface area contributed by atoms with E-state index in [1.807, 2.05) is 18.3 Å². The molecular formula is C13H14BrN. The Labute approximate surface area is 98.7 Å². The highest BCUT2D eigenvalue weighted by Crippen LogP contribution is 2.25. The van der Waals surface area contributed by atoms with Gasteiger partial charge in [0.2, 0.25) is 0 Å². The number of aromatic nitrogens is 1. The van der Waals surface area contributed by atoms with E-state index in [9.17, 15) is 0 Å². The molecule has 78 valence electrons. The van der Waals surface area contributed by atoms with Gasteiger partial charge in [-0.05, 0) is 35.2 Å². The highest BCUT2D eigenvalue weighted by Gasteiger charge is 2.14.